The molecule has 0 amide bonds. The summed E-state index contributed by atoms with van der Waals surface area (Å²) in [4.78, 5) is 6.59. The molecule has 0 unspecified atom stereocenters. The van der Waals surface area contributed by atoms with Crippen molar-refractivity contribution >= 4 is 0 Å². The van der Waals surface area contributed by atoms with Gasteiger partial charge in [0.15, 0.2) is 0 Å². The van der Waals surface area contributed by atoms with Crippen LogP contribution in [0, 0.1) is 6.92 Å². The molecule has 0 atom stereocenters. The fourth-order valence-electron chi connectivity index (χ4n) is 3.11. The van der Waals surface area contributed by atoms with Crippen LogP contribution in [0.2, 0.25) is 0 Å². The molecule has 2 aromatic carbocycles. The highest BCUT2D eigenvalue weighted by atomic mass is 16.5. The zero-order valence-electron chi connectivity index (χ0n) is 16.4. The molecule has 3 aromatic rings. The second-order valence-electron chi connectivity index (χ2n) is 7.30. The fraction of sp³-hybridized carbons (Fsp3) is 0.292. The zero-order valence-corrected chi connectivity index (χ0v) is 16.4. The maximum atomic E-state index is 5.86. The van der Waals surface area contributed by atoms with Crippen molar-refractivity contribution in [3.8, 4) is 5.75 Å². The molecule has 1 aromatic heterocycles. The summed E-state index contributed by atoms with van der Waals surface area (Å²) in [5, 5.41) is 0. The number of aryl methyl sites for hydroxylation is 1. The van der Waals surface area contributed by atoms with E-state index in [1.54, 1.807) is 0 Å². The summed E-state index contributed by atoms with van der Waals surface area (Å²) >= 11 is 0. The number of ether oxygens (including phenoxy) is 1. The molecule has 3 rings (SSSR count). The van der Waals surface area contributed by atoms with E-state index >= 15 is 0 Å². The number of aromatic nitrogens is 1. The number of pyridine rings is 1. The first-order chi connectivity index (χ1) is 13.1. The van der Waals surface area contributed by atoms with Crippen molar-refractivity contribution in [3.63, 3.8) is 0 Å². The maximum absolute atomic E-state index is 5.86. The van der Waals surface area contributed by atoms with Gasteiger partial charge in [0.25, 0.3) is 0 Å². The first kappa shape index (κ1) is 19.1. The minimum atomic E-state index is 0.181. The molecule has 0 N–H and O–H groups in total. The van der Waals surface area contributed by atoms with Crippen LogP contribution < -0.4 is 4.74 Å². The van der Waals surface area contributed by atoms with Gasteiger partial charge in [-0.05, 0) is 61.7 Å². The van der Waals surface area contributed by atoms with E-state index in [0.29, 0.717) is 0 Å². The minimum Gasteiger partial charge on any atom is -0.491 e. The Labute approximate surface area is 162 Å². The molecule has 0 saturated carbocycles. The van der Waals surface area contributed by atoms with Crippen molar-refractivity contribution in [3.05, 3.63) is 95.3 Å². The van der Waals surface area contributed by atoms with E-state index in [4.69, 9.17) is 4.74 Å². The van der Waals surface area contributed by atoms with Gasteiger partial charge in [0.1, 0.15) is 5.75 Å². The normalized spacial score (nSPS) is 11.1. The number of benzene rings is 2. The van der Waals surface area contributed by atoms with Crippen LogP contribution >= 0.6 is 0 Å². The highest BCUT2D eigenvalue weighted by Gasteiger charge is 2.10. The van der Waals surface area contributed by atoms with Gasteiger partial charge in [-0.2, -0.15) is 0 Å². The SMILES string of the molecule is Cc1ccc(CN(Cc2ccncc2)Cc2cccc(OC(C)C)c2)cc1. The number of nitrogens with zero attached hydrogens (tertiary/aromatic N) is 2. The molecule has 0 saturated heterocycles. The van der Waals surface area contributed by atoms with Crippen LogP contribution in [-0.4, -0.2) is 16.0 Å². The predicted octanol–water partition coefficient (Wildman–Crippen LogP) is 5.38. The fourth-order valence-corrected chi connectivity index (χ4v) is 3.11. The Bertz CT molecular complexity index is 829. The standard InChI is InChI=1S/C24H28N2O/c1-19(2)27-24-6-4-5-23(15-24)18-26(17-22-11-13-25-14-12-22)16-21-9-7-20(3)8-10-21/h4-15,19H,16-18H2,1-3H3. The third-order valence-corrected chi connectivity index (χ3v) is 4.36. The molecule has 3 nitrogen and oxygen atoms in total. The van der Waals surface area contributed by atoms with Gasteiger partial charge in [-0.1, -0.05) is 42.0 Å². The molecule has 0 aliphatic rings. The number of hydrogen-bond acceptors (Lipinski definition) is 3. The molecule has 0 aliphatic carbocycles. The smallest absolute Gasteiger partial charge is 0.120 e. The third kappa shape index (κ3) is 6.22. The lowest BCUT2D eigenvalue weighted by molar-refractivity contribution is 0.237. The second-order valence-corrected chi connectivity index (χ2v) is 7.30. The minimum absolute atomic E-state index is 0.181. The van der Waals surface area contributed by atoms with E-state index in [2.05, 4.69) is 85.3 Å². The molecule has 0 spiro atoms. The average molecular weight is 361 g/mol. The Morgan fingerprint density at radius 1 is 0.815 bits per heavy atom. The van der Waals surface area contributed by atoms with Crippen molar-refractivity contribution in [2.75, 3.05) is 0 Å². The highest BCUT2D eigenvalue weighted by molar-refractivity contribution is 5.29. The monoisotopic (exact) mass is 360 g/mol. The zero-order chi connectivity index (χ0) is 19.1. The van der Waals surface area contributed by atoms with Crippen molar-refractivity contribution in [1.82, 2.24) is 9.88 Å². The number of hydrogen-bond donors (Lipinski definition) is 0. The van der Waals surface area contributed by atoms with Crippen LogP contribution in [0.15, 0.2) is 73.1 Å². The van der Waals surface area contributed by atoms with Crippen LogP contribution in [0.25, 0.3) is 0 Å². The maximum Gasteiger partial charge on any atom is 0.120 e. The van der Waals surface area contributed by atoms with Gasteiger partial charge in [0, 0.05) is 32.0 Å². The van der Waals surface area contributed by atoms with Gasteiger partial charge in [-0.3, -0.25) is 9.88 Å². The van der Waals surface area contributed by atoms with Gasteiger partial charge < -0.3 is 4.74 Å². The van der Waals surface area contributed by atoms with Crippen LogP contribution in [0.5, 0.6) is 5.75 Å². The molecule has 1 heterocycles. The Balaban J connectivity index is 1.77. The molecular formula is C24H28N2O. The Hall–Kier alpha value is -2.65. The molecular weight excluding hydrogens is 332 g/mol. The second kappa shape index (κ2) is 9.33. The Morgan fingerprint density at radius 3 is 2.11 bits per heavy atom. The van der Waals surface area contributed by atoms with Gasteiger partial charge in [0.05, 0.1) is 6.10 Å². The van der Waals surface area contributed by atoms with E-state index < -0.39 is 0 Å². The Morgan fingerprint density at radius 2 is 1.44 bits per heavy atom. The molecule has 0 bridgehead atoms. The molecule has 0 aliphatic heterocycles. The van der Waals surface area contributed by atoms with Crippen LogP contribution in [0.3, 0.4) is 0 Å². The number of rotatable bonds is 8. The molecule has 3 heteroatoms. The lowest BCUT2D eigenvalue weighted by Gasteiger charge is -2.23. The summed E-state index contributed by atoms with van der Waals surface area (Å²) in [5.74, 6) is 0.932. The highest BCUT2D eigenvalue weighted by Crippen LogP contribution is 2.19. The lowest BCUT2D eigenvalue weighted by atomic mass is 10.1. The van der Waals surface area contributed by atoms with E-state index in [1.165, 1.54) is 22.3 Å². The summed E-state index contributed by atoms with van der Waals surface area (Å²) in [6, 6.07) is 21.4. The molecule has 140 valence electrons. The quantitative estimate of drug-likeness (QED) is 0.539. The Kier molecular flexibility index (Phi) is 6.61. The first-order valence-corrected chi connectivity index (χ1v) is 9.51. The van der Waals surface area contributed by atoms with Gasteiger partial charge in [-0.25, -0.2) is 0 Å². The van der Waals surface area contributed by atoms with Crippen molar-refractivity contribution in [2.45, 2.75) is 46.5 Å². The molecule has 0 fully saturated rings. The summed E-state index contributed by atoms with van der Waals surface area (Å²) < 4.78 is 5.86. The van der Waals surface area contributed by atoms with Crippen molar-refractivity contribution in [1.29, 1.82) is 0 Å². The van der Waals surface area contributed by atoms with Gasteiger partial charge in [-0.15, -0.1) is 0 Å². The summed E-state index contributed by atoms with van der Waals surface area (Å²) in [7, 11) is 0. The third-order valence-electron chi connectivity index (χ3n) is 4.36. The van der Waals surface area contributed by atoms with E-state index in [-0.39, 0.29) is 6.10 Å². The summed E-state index contributed by atoms with van der Waals surface area (Å²) in [6.45, 7) is 8.88. The van der Waals surface area contributed by atoms with Crippen LogP contribution in [-0.2, 0) is 19.6 Å². The van der Waals surface area contributed by atoms with Gasteiger partial charge in [0.2, 0.25) is 0 Å². The van der Waals surface area contributed by atoms with E-state index in [1.807, 2.05) is 18.5 Å². The van der Waals surface area contributed by atoms with Crippen molar-refractivity contribution < 1.29 is 4.74 Å². The summed E-state index contributed by atoms with van der Waals surface area (Å²) in [5.41, 5.74) is 5.14. The van der Waals surface area contributed by atoms with Gasteiger partial charge >= 0.3 is 0 Å². The van der Waals surface area contributed by atoms with Crippen LogP contribution in [0.1, 0.15) is 36.1 Å². The first-order valence-electron chi connectivity index (χ1n) is 9.51. The average Bonchev–Trinajstić information content (AvgIpc) is 2.64. The predicted molar refractivity (Wildman–Crippen MR) is 111 cm³/mol. The largest absolute Gasteiger partial charge is 0.491 e. The molecule has 27 heavy (non-hydrogen) atoms. The van der Waals surface area contributed by atoms with Crippen LogP contribution in [0.4, 0.5) is 0 Å². The summed E-state index contributed by atoms with van der Waals surface area (Å²) in [6.07, 6.45) is 3.90. The van der Waals surface area contributed by atoms with Crippen molar-refractivity contribution in [2.24, 2.45) is 0 Å². The van der Waals surface area contributed by atoms with E-state index in [9.17, 15) is 0 Å². The van der Waals surface area contributed by atoms with E-state index in [0.717, 1.165) is 25.4 Å². The lowest BCUT2D eigenvalue weighted by Crippen LogP contribution is -2.22. The molecule has 0 radical (unpaired) electrons. The topological polar surface area (TPSA) is 25.4 Å².